The molecule has 0 bridgehead atoms. The third-order valence-electron chi connectivity index (χ3n) is 6.89. The van der Waals surface area contributed by atoms with Crippen LogP contribution < -0.4 is 4.74 Å². The molecule has 4 aromatic rings. The van der Waals surface area contributed by atoms with E-state index in [0.717, 1.165) is 18.4 Å². The summed E-state index contributed by atoms with van der Waals surface area (Å²) in [7, 11) is 0. The second-order valence-electron chi connectivity index (χ2n) is 9.43. The Kier molecular flexibility index (Phi) is 7.09. The molecule has 0 amide bonds. The summed E-state index contributed by atoms with van der Waals surface area (Å²) >= 11 is 0. The standard InChI is InChI=1S/C30H20F8O/c31-23-11-19(18-7-5-17(6-8-18)16-3-1-2-4-16)9-10-22(23)20-12-24(32)28(25(33)13-20)30(37,38)39-21-14-26(34)29(36)27(35)15-21/h5-16H,1-4H2. The second-order valence-corrected chi connectivity index (χ2v) is 9.43. The average Bonchev–Trinajstić information content (AvgIpc) is 3.41. The van der Waals surface area contributed by atoms with Crippen molar-refractivity contribution < 1.29 is 39.9 Å². The van der Waals surface area contributed by atoms with Gasteiger partial charge in [-0.15, -0.1) is 0 Å². The van der Waals surface area contributed by atoms with E-state index in [0.29, 0.717) is 23.6 Å². The molecule has 1 nitrogen and oxygen atoms in total. The zero-order valence-corrected chi connectivity index (χ0v) is 20.2. The molecule has 4 aromatic carbocycles. The Labute approximate surface area is 218 Å². The highest BCUT2D eigenvalue weighted by atomic mass is 19.3. The monoisotopic (exact) mass is 548 g/mol. The fraction of sp³-hybridized carbons (Fsp3) is 0.200. The van der Waals surface area contributed by atoms with Crippen molar-refractivity contribution in [3.63, 3.8) is 0 Å². The Morgan fingerprint density at radius 2 is 1.13 bits per heavy atom. The summed E-state index contributed by atoms with van der Waals surface area (Å²) in [5, 5.41) is 0. The highest BCUT2D eigenvalue weighted by Crippen LogP contribution is 2.39. The van der Waals surface area contributed by atoms with E-state index in [1.165, 1.54) is 30.5 Å². The minimum atomic E-state index is -4.74. The summed E-state index contributed by atoms with van der Waals surface area (Å²) in [5.74, 6) is -10.7. The molecule has 5 rings (SSSR count). The van der Waals surface area contributed by atoms with Crippen LogP contribution in [0.4, 0.5) is 35.1 Å². The van der Waals surface area contributed by atoms with Crippen molar-refractivity contribution in [2.75, 3.05) is 0 Å². The normalized spacial score (nSPS) is 14.2. The lowest BCUT2D eigenvalue weighted by molar-refractivity contribution is -0.189. The topological polar surface area (TPSA) is 9.23 Å². The third kappa shape index (κ3) is 5.35. The molecule has 0 aromatic heterocycles. The fourth-order valence-electron chi connectivity index (χ4n) is 4.93. The van der Waals surface area contributed by atoms with Crippen LogP contribution in [-0.2, 0) is 6.11 Å². The van der Waals surface area contributed by atoms with Crippen molar-refractivity contribution in [3.8, 4) is 28.0 Å². The van der Waals surface area contributed by atoms with Crippen LogP contribution in [0.5, 0.6) is 5.75 Å². The minimum absolute atomic E-state index is 0.107. The molecule has 39 heavy (non-hydrogen) atoms. The van der Waals surface area contributed by atoms with Crippen molar-refractivity contribution >= 4 is 0 Å². The van der Waals surface area contributed by atoms with E-state index in [2.05, 4.69) is 4.74 Å². The molecule has 0 heterocycles. The Bertz CT molecular complexity index is 1480. The van der Waals surface area contributed by atoms with Crippen molar-refractivity contribution in [3.05, 3.63) is 113 Å². The largest absolute Gasteiger partial charge is 0.432 e. The Morgan fingerprint density at radius 1 is 0.590 bits per heavy atom. The van der Waals surface area contributed by atoms with E-state index in [9.17, 15) is 30.7 Å². The molecule has 0 aliphatic heterocycles. The number of ether oxygens (including phenoxy) is 1. The highest BCUT2D eigenvalue weighted by molar-refractivity contribution is 5.71. The van der Waals surface area contributed by atoms with E-state index in [1.807, 2.05) is 24.3 Å². The van der Waals surface area contributed by atoms with Gasteiger partial charge in [0, 0.05) is 17.7 Å². The molecule has 0 spiro atoms. The van der Waals surface area contributed by atoms with Crippen molar-refractivity contribution in [1.82, 2.24) is 0 Å². The van der Waals surface area contributed by atoms with Gasteiger partial charge in [-0.3, -0.25) is 0 Å². The molecular weight excluding hydrogens is 528 g/mol. The highest BCUT2D eigenvalue weighted by Gasteiger charge is 2.41. The lowest BCUT2D eigenvalue weighted by Gasteiger charge is -2.20. The first-order chi connectivity index (χ1) is 18.5. The van der Waals surface area contributed by atoms with E-state index < -0.39 is 52.3 Å². The first kappa shape index (κ1) is 26.7. The number of halogens is 8. The van der Waals surface area contributed by atoms with Gasteiger partial charge in [0.05, 0.1) is 0 Å². The molecular formula is C30H20F8O. The average molecular weight is 548 g/mol. The summed E-state index contributed by atoms with van der Waals surface area (Å²) in [6, 6.07) is 12.9. The van der Waals surface area contributed by atoms with Gasteiger partial charge >= 0.3 is 6.11 Å². The molecule has 0 radical (unpaired) electrons. The maximum absolute atomic E-state index is 15.0. The summed E-state index contributed by atoms with van der Waals surface area (Å²) in [6.45, 7) is 0. The molecule has 1 fully saturated rings. The van der Waals surface area contributed by atoms with Crippen LogP contribution in [0, 0.1) is 34.9 Å². The van der Waals surface area contributed by atoms with Gasteiger partial charge < -0.3 is 4.74 Å². The van der Waals surface area contributed by atoms with Crippen LogP contribution in [0.1, 0.15) is 42.7 Å². The molecule has 1 aliphatic rings. The molecule has 1 saturated carbocycles. The molecule has 202 valence electrons. The number of rotatable bonds is 6. The maximum atomic E-state index is 15.0. The molecule has 1 aliphatic carbocycles. The second kappa shape index (κ2) is 10.4. The first-order valence-electron chi connectivity index (χ1n) is 12.1. The van der Waals surface area contributed by atoms with E-state index in [-0.39, 0.29) is 23.3 Å². The van der Waals surface area contributed by atoms with Gasteiger partial charge in [0.15, 0.2) is 17.5 Å². The van der Waals surface area contributed by atoms with Gasteiger partial charge in [-0.05, 0) is 59.2 Å². The van der Waals surface area contributed by atoms with Gasteiger partial charge in [-0.25, -0.2) is 26.3 Å². The number of benzene rings is 4. The van der Waals surface area contributed by atoms with E-state index in [4.69, 9.17) is 0 Å². The predicted molar refractivity (Wildman–Crippen MR) is 129 cm³/mol. The Balaban J connectivity index is 1.41. The van der Waals surface area contributed by atoms with Gasteiger partial charge in [-0.1, -0.05) is 49.2 Å². The van der Waals surface area contributed by atoms with Crippen molar-refractivity contribution in [2.24, 2.45) is 0 Å². The summed E-state index contributed by atoms with van der Waals surface area (Å²) in [5.41, 5.74) is 0.0121. The Hall–Kier alpha value is -3.88. The summed E-state index contributed by atoms with van der Waals surface area (Å²) in [6.07, 6.45) is -0.0806. The van der Waals surface area contributed by atoms with Gasteiger partial charge in [-0.2, -0.15) is 8.78 Å². The third-order valence-corrected chi connectivity index (χ3v) is 6.89. The number of hydrogen-bond donors (Lipinski definition) is 0. The van der Waals surface area contributed by atoms with Crippen LogP contribution >= 0.6 is 0 Å². The van der Waals surface area contributed by atoms with E-state index >= 15 is 4.39 Å². The van der Waals surface area contributed by atoms with Crippen molar-refractivity contribution in [2.45, 2.75) is 37.7 Å². The van der Waals surface area contributed by atoms with E-state index in [1.54, 1.807) is 6.07 Å². The summed E-state index contributed by atoms with van der Waals surface area (Å²) < 4.78 is 118. The SMILES string of the molecule is Fc1cc(-c2ccc(C3CCCC3)cc2)ccc1-c1cc(F)c(C(F)(F)Oc2cc(F)c(F)c(F)c2)c(F)c1. The van der Waals surface area contributed by atoms with Crippen LogP contribution in [-0.4, -0.2) is 0 Å². The minimum Gasteiger partial charge on any atom is -0.429 e. The lowest BCUT2D eigenvalue weighted by atomic mass is 9.94. The molecule has 9 heteroatoms. The number of hydrogen-bond acceptors (Lipinski definition) is 1. The van der Waals surface area contributed by atoms with Gasteiger partial charge in [0.25, 0.3) is 0 Å². The zero-order chi connectivity index (χ0) is 27.9. The smallest absolute Gasteiger partial charge is 0.429 e. The molecule has 0 saturated heterocycles. The zero-order valence-electron chi connectivity index (χ0n) is 20.2. The lowest BCUT2D eigenvalue weighted by Crippen LogP contribution is -2.25. The molecule has 0 N–H and O–H groups in total. The maximum Gasteiger partial charge on any atom is 0.432 e. The van der Waals surface area contributed by atoms with Crippen LogP contribution in [0.2, 0.25) is 0 Å². The van der Waals surface area contributed by atoms with Crippen molar-refractivity contribution in [1.29, 1.82) is 0 Å². The van der Waals surface area contributed by atoms with Crippen LogP contribution in [0.15, 0.2) is 66.7 Å². The number of alkyl halides is 2. The molecule has 0 unspecified atom stereocenters. The Morgan fingerprint density at radius 3 is 1.69 bits per heavy atom. The fourth-order valence-corrected chi connectivity index (χ4v) is 4.93. The van der Waals surface area contributed by atoms with Crippen LogP contribution in [0.3, 0.4) is 0 Å². The first-order valence-corrected chi connectivity index (χ1v) is 12.1. The van der Waals surface area contributed by atoms with Gasteiger partial charge in [0.1, 0.15) is 28.8 Å². The quantitative estimate of drug-likeness (QED) is 0.172. The van der Waals surface area contributed by atoms with Crippen LogP contribution in [0.25, 0.3) is 22.3 Å². The summed E-state index contributed by atoms with van der Waals surface area (Å²) in [4.78, 5) is 0. The van der Waals surface area contributed by atoms with Gasteiger partial charge in [0.2, 0.25) is 0 Å². The predicted octanol–water partition coefficient (Wildman–Crippen LogP) is 9.64. The molecule has 0 atom stereocenters.